The molecule has 0 spiro atoms. The van der Waals surface area contributed by atoms with Gasteiger partial charge in [0.1, 0.15) is 32.1 Å². The van der Waals surface area contributed by atoms with Crippen LogP contribution in [0.4, 0.5) is 4.39 Å². The highest BCUT2D eigenvalue weighted by Crippen LogP contribution is 2.41. The summed E-state index contributed by atoms with van der Waals surface area (Å²) in [6.07, 6.45) is 3.11. The fraction of sp³-hybridized carbons (Fsp3) is 0.237. The van der Waals surface area contributed by atoms with Gasteiger partial charge in [-0.2, -0.15) is 0 Å². The van der Waals surface area contributed by atoms with Crippen LogP contribution in [0.1, 0.15) is 31.9 Å². The molecule has 0 radical (unpaired) electrons. The third-order valence-electron chi connectivity index (χ3n) is 8.56. The highest BCUT2D eigenvalue weighted by molar-refractivity contribution is 7.00. The van der Waals surface area contributed by atoms with Crippen molar-refractivity contribution < 1.29 is 13.4 Å². The zero-order valence-electron chi connectivity index (χ0n) is 25.7. The minimum atomic E-state index is -1.87. The summed E-state index contributed by atoms with van der Waals surface area (Å²) in [5.41, 5.74) is 7.49. The van der Waals surface area contributed by atoms with Gasteiger partial charge in [-0.15, -0.1) is 0 Å². The molecular formula is C38H39FNOSi+. The maximum atomic E-state index is 15.7. The number of fused-ring (bicyclic) bond motifs is 3. The van der Waals surface area contributed by atoms with Crippen LogP contribution in [0.2, 0.25) is 13.1 Å². The Bertz CT molecular complexity index is 1930. The van der Waals surface area contributed by atoms with E-state index in [1.165, 1.54) is 15.9 Å². The van der Waals surface area contributed by atoms with Gasteiger partial charge in [0.05, 0.1) is 11.1 Å². The summed E-state index contributed by atoms with van der Waals surface area (Å²) in [5.74, 6) is -0.273. The average molecular weight is 573 g/mol. The van der Waals surface area contributed by atoms with E-state index < -0.39 is 8.07 Å². The molecule has 6 aromatic rings. The summed E-state index contributed by atoms with van der Waals surface area (Å²) in [5, 5.41) is 4.63. The minimum Gasteiger partial charge on any atom is -0.454 e. The molecular weight excluding hydrogens is 534 g/mol. The van der Waals surface area contributed by atoms with Crippen molar-refractivity contribution in [2.24, 2.45) is 12.5 Å². The normalized spacial score (nSPS) is 12.4. The van der Waals surface area contributed by atoms with Crippen molar-refractivity contribution >= 4 is 40.4 Å². The van der Waals surface area contributed by atoms with Gasteiger partial charge in [0, 0.05) is 22.9 Å². The van der Waals surface area contributed by atoms with E-state index in [0.29, 0.717) is 11.1 Å². The van der Waals surface area contributed by atoms with E-state index in [2.05, 4.69) is 137 Å². The molecule has 0 fully saturated rings. The Morgan fingerprint density at radius 1 is 0.762 bits per heavy atom. The van der Waals surface area contributed by atoms with Crippen LogP contribution in [-0.4, -0.2) is 8.07 Å². The lowest BCUT2D eigenvalue weighted by atomic mass is 9.88. The van der Waals surface area contributed by atoms with Crippen LogP contribution in [0.15, 0.2) is 102 Å². The summed E-state index contributed by atoms with van der Waals surface area (Å²) in [6.45, 7) is 13.6. The molecule has 0 atom stereocenters. The number of rotatable bonds is 5. The van der Waals surface area contributed by atoms with E-state index in [0.717, 1.165) is 45.2 Å². The molecule has 0 unspecified atom stereocenters. The largest absolute Gasteiger partial charge is 0.454 e. The Morgan fingerprint density at radius 2 is 1.38 bits per heavy atom. The second-order valence-electron chi connectivity index (χ2n) is 13.4. The second kappa shape index (κ2) is 10.4. The summed E-state index contributed by atoms with van der Waals surface area (Å²) < 4.78 is 24.5. The standard InChI is InChI=1S/C38H39FNOSi/c1-25-13-18-30-31-19-20-32(39)35(27-14-16-29(17-15-27)42(6,7)28-11-9-8-10-12-28)37(31)41-36(30)34(25)33-23-26(21-22-40(33)5)24-38(2,3)4/h8-23H,24H2,1-7H3/q+1. The van der Waals surface area contributed by atoms with Crippen LogP contribution in [0.5, 0.6) is 0 Å². The molecule has 42 heavy (non-hydrogen) atoms. The van der Waals surface area contributed by atoms with Crippen molar-refractivity contribution in [3.63, 3.8) is 0 Å². The van der Waals surface area contributed by atoms with Crippen molar-refractivity contribution in [2.45, 2.75) is 47.2 Å². The van der Waals surface area contributed by atoms with Gasteiger partial charge in [0.2, 0.25) is 5.69 Å². The monoisotopic (exact) mass is 572 g/mol. The van der Waals surface area contributed by atoms with Gasteiger partial charge in [-0.05, 0) is 47.6 Å². The lowest BCUT2D eigenvalue weighted by Gasteiger charge is -2.24. The number of aromatic nitrogens is 1. The van der Waals surface area contributed by atoms with Gasteiger partial charge in [-0.1, -0.05) is 111 Å². The van der Waals surface area contributed by atoms with Crippen molar-refractivity contribution in [3.05, 3.63) is 114 Å². The Hall–Kier alpha value is -4.02. The van der Waals surface area contributed by atoms with Crippen LogP contribution in [0, 0.1) is 18.2 Å². The Morgan fingerprint density at radius 3 is 2.05 bits per heavy atom. The van der Waals surface area contributed by atoms with Crippen molar-refractivity contribution in [1.29, 1.82) is 0 Å². The number of nitrogens with zero attached hydrogens (tertiary/aromatic N) is 1. The van der Waals surface area contributed by atoms with Gasteiger partial charge in [-0.3, -0.25) is 0 Å². The first-order chi connectivity index (χ1) is 19.9. The van der Waals surface area contributed by atoms with E-state index >= 15 is 4.39 Å². The Balaban J connectivity index is 1.51. The summed E-state index contributed by atoms with van der Waals surface area (Å²) in [6, 6.07) is 31.3. The zero-order valence-corrected chi connectivity index (χ0v) is 26.7. The molecule has 2 nitrogen and oxygen atoms in total. The van der Waals surface area contributed by atoms with Gasteiger partial charge in [0.25, 0.3) is 0 Å². The van der Waals surface area contributed by atoms with E-state index in [1.54, 1.807) is 6.07 Å². The first-order valence-corrected chi connectivity index (χ1v) is 17.7. The van der Waals surface area contributed by atoms with Crippen molar-refractivity contribution in [2.75, 3.05) is 0 Å². The van der Waals surface area contributed by atoms with Crippen LogP contribution in [0.25, 0.3) is 44.3 Å². The van der Waals surface area contributed by atoms with E-state index in [4.69, 9.17) is 4.42 Å². The SMILES string of the molecule is Cc1ccc2c(oc3c(-c4ccc([Si](C)(C)c5ccccc5)cc4)c(F)ccc32)c1-c1cc(CC(C)(C)C)cc[n+]1C. The fourth-order valence-electron chi connectivity index (χ4n) is 6.22. The first kappa shape index (κ1) is 28.1. The molecule has 212 valence electrons. The highest BCUT2D eigenvalue weighted by atomic mass is 28.3. The van der Waals surface area contributed by atoms with E-state index in [1.807, 2.05) is 6.07 Å². The van der Waals surface area contributed by atoms with Crippen LogP contribution < -0.4 is 14.9 Å². The fourth-order valence-corrected chi connectivity index (χ4v) is 8.58. The maximum absolute atomic E-state index is 15.7. The molecule has 0 aliphatic rings. The van der Waals surface area contributed by atoms with Gasteiger partial charge >= 0.3 is 0 Å². The molecule has 4 aromatic carbocycles. The quantitative estimate of drug-likeness (QED) is 0.149. The van der Waals surface area contributed by atoms with Gasteiger partial charge in [0.15, 0.2) is 6.20 Å². The number of pyridine rings is 1. The molecule has 0 N–H and O–H groups in total. The second-order valence-corrected chi connectivity index (χ2v) is 17.8. The third kappa shape index (κ3) is 4.98. The van der Waals surface area contributed by atoms with E-state index in [9.17, 15) is 0 Å². The van der Waals surface area contributed by atoms with Gasteiger partial charge in [-0.25, -0.2) is 8.96 Å². The molecule has 0 amide bonds. The molecule has 2 heterocycles. The molecule has 0 aliphatic carbocycles. The zero-order chi connectivity index (χ0) is 29.8. The maximum Gasteiger partial charge on any atom is 0.216 e. The molecule has 4 heteroatoms. The molecule has 0 saturated heterocycles. The highest BCUT2D eigenvalue weighted by Gasteiger charge is 2.27. The summed E-state index contributed by atoms with van der Waals surface area (Å²) in [4.78, 5) is 0. The summed E-state index contributed by atoms with van der Waals surface area (Å²) >= 11 is 0. The van der Waals surface area contributed by atoms with Crippen molar-refractivity contribution in [3.8, 4) is 22.4 Å². The average Bonchev–Trinajstić information content (AvgIpc) is 3.32. The summed E-state index contributed by atoms with van der Waals surface area (Å²) in [7, 11) is 0.204. The number of furan rings is 1. The van der Waals surface area contributed by atoms with Crippen molar-refractivity contribution in [1.82, 2.24) is 0 Å². The lowest BCUT2D eigenvalue weighted by molar-refractivity contribution is -0.660. The van der Waals surface area contributed by atoms with Crippen LogP contribution >= 0.6 is 0 Å². The first-order valence-electron chi connectivity index (χ1n) is 14.7. The third-order valence-corrected chi connectivity index (χ3v) is 12.1. The Labute approximate surface area is 249 Å². The number of hydrogen-bond donors (Lipinski definition) is 0. The van der Waals surface area contributed by atoms with Crippen LogP contribution in [-0.2, 0) is 13.5 Å². The number of benzene rings is 4. The molecule has 0 aliphatic heterocycles. The smallest absolute Gasteiger partial charge is 0.216 e. The lowest BCUT2D eigenvalue weighted by Crippen LogP contribution is -2.52. The number of aryl methyl sites for hydroxylation is 2. The minimum absolute atomic E-state index is 0.179. The van der Waals surface area contributed by atoms with Crippen LogP contribution in [0.3, 0.4) is 0 Å². The molecule has 0 saturated carbocycles. The predicted octanol–water partition coefficient (Wildman–Crippen LogP) is 8.60. The number of halogens is 1. The molecule has 6 rings (SSSR count). The Kier molecular flexibility index (Phi) is 6.93. The number of hydrogen-bond acceptors (Lipinski definition) is 1. The molecule has 0 bridgehead atoms. The van der Waals surface area contributed by atoms with Gasteiger partial charge < -0.3 is 4.42 Å². The topological polar surface area (TPSA) is 17.0 Å². The van der Waals surface area contributed by atoms with E-state index in [-0.39, 0.29) is 11.2 Å². The predicted molar refractivity (Wildman–Crippen MR) is 177 cm³/mol. The molecule has 2 aromatic heterocycles.